The highest BCUT2D eigenvalue weighted by Gasteiger charge is 2.32. The summed E-state index contributed by atoms with van der Waals surface area (Å²) in [5.41, 5.74) is 2.46. The molecule has 0 spiro atoms. The van der Waals surface area contributed by atoms with Crippen LogP contribution in [0.25, 0.3) is 0 Å². The molecule has 1 N–H and O–H groups in total. The van der Waals surface area contributed by atoms with Crippen LogP contribution in [0.5, 0.6) is 5.75 Å². The van der Waals surface area contributed by atoms with E-state index in [0.29, 0.717) is 12.6 Å². The maximum atomic E-state index is 5.71. The first-order valence-corrected chi connectivity index (χ1v) is 7.42. The van der Waals surface area contributed by atoms with Crippen LogP contribution in [0.1, 0.15) is 31.4 Å². The highest BCUT2D eigenvalue weighted by atomic mass is 16.5. The molecule has 104 valence electrons. The van der Waals surface area contributed by atoms with Crippen molar-refractivity contribution in [1.29, 1.82) is 0 Å². The van der Waals surface area contributed by atoms with E-state index >= 15 is 0 Å². The van der Waals surface area contributed by atoms with Crippen LogP contribution in [0.15, 0.2) is 54.6 Å². The summed E-state index contributed by atoms with van der Waals surface area (Å²) in [4.78, 5) is 0. The van der Waals surface area contributed by atoms with Gasteiger partial charge in [0, 0.05) is 0 Å². The van der Waals surface area contributed by atoms with Gasteiger partial charge in [0.1, 0.15) is 5.75 Å². The van der Waals surface area contributed by atoms with E-state index in [1.54, 1.807) is 0 Å². The Hall–Kier alpha value is -1.96. The largest absolute Gasteiger partial charge is 0.492 e. The topological polar surface area (TPSA) is 21.3 Å². The van der Waals surface area contributed by atoms with Crippen molar-refractivity contribution in [2.75, 3.05) is 11.9 Å². The summed E-state index contributed by atoms with van der Waals surface area (Å²) in [6.07, 6.45) is 2.62. The monoisotopic (exact) mass is 267 g/mol. The summed E-state index contributed by atoms with van der Waals surface area (Å²) in [7, 11) is 0. The van der Waals surface area contributed by atoms with Crippen LogP contribution in [0.3, 0.4) is 0 Å². The van der Waals surface area contributed by atoms with Crippen LogP contribution in [0, 0.1) is 5.92 Å². The van der Waals surface area contributed by atoms with E-state index in [1.807, 2.05) is 19.1 Å². The Bertz CT molecular complexity index is 548. The molecule has 0 heterocycles. The lowest BCUT2D eigenvalue weighted by Gasteiger charge is -2.22. The molecule has 3 rings (SSSR count). The zero-order valence-corrected chi connectivity index (χ0v) is 11.9. The predicted molar refractivity (Wildman–Crippen MR) is 83.1 cm³/mol. The molecule has 0 saturated heterocycles. The van der Waals surface area contributed by atoms with Crippen LogP contribution in [-0.2, 0) is 0 Å². The fourth-order valence-electron chi connectivity index (χ4n) is 2.60. The van der Waals surface area contributed by atoms with Crippen molar-refractivity contribution in [2.24, 2.45) is 5.92 Å². The van der Waals surface area contributed by atoms with E-state index in [-0.39, 0.29) is 0 Å². The van der Waals surface area contributed by atoms with Crippen LogP contribution in [0.4, 0.5) is 5.69 Å². The van der Waals surface area contributed by atoms with Gasteiger partial charge in [-0.1, -0.05) is 42.5 Å². The molecule has 1 unspecified atom stereocenters. The van der Waals surface area contributed by atoms with Crippen molar-refractivity contribution in [3.8, 4) is 5.75 Å². The number of hydrogen-bond donors (Lipinski definition) is 1. The van der Waals surface area contributed by atoms with Crippen molar-refractivity contribution in [2.45, 2.75) is 25.8 Å². The van der Waals surface area contributed by atoms with Gasteiger partial charge >= 0.3 is 0 Å². The second kappa shape index (κ2) is 6.00. The maximum Gasteiger partial charge on any atom is 0.142 e. The van der Waals surface area contributed by atoms with E-state index in [0.717, 1.165) is 17.4 Å². The molecule has 0 amide bonds. The van der Waals surface area contributed by atoms with Gasteiger partial charge in [-0.25, -0.2) is 0 Å². The number of anilines is 1. The maximum absolute atomic E-state index is 5.71. The summed E-state index contributed by atoms with van der Waals surface area (Å²) in [6.45, 7) is 2.71. The molecular weight excluding hydrogens is 246 g/mol. The first-order chi connectivity index (χ1) is 9.88. The molecule has 1 aliphatic carbocycles. The van der Waals surface area contributed by atoms with Gasteiger partial charge in [-0.05, 0) is 43.4 Å². The Labute approximate surface area is 120 Å². The summed E-state index contributed by atoms with van der Waals surface area (Å²) in [5, 5.41) is 3.69. The van der Waals surface area contributed by atoms with Crippen LogP contribution >= 0.6 is 0 Å². The fraction of sp³-hybridized carbons (Fsp3) is 0.333. The number of hydrogen-bond acceptors (Lipinski definition) is 2. The second-order valence-electron chi connectivity index (χ2n) is 5.30. The van der Waals surface area contributed by atoms with E-state index in [1.165, 1.54) is 18.4 Å². The molecule has 2 nitrogen and oxygen atoms in total. The Balaban J connectivity index is 1.84. The van der Waals surface area contributed by atoms with E-state index < -0.39 is 0 Å². The standard InChI is InChI=1S/C18H21NO/c1-2-20-17-11-7-6-10-16(17)19-18(15-12-13-15)14-8-4-3-5-9-14/h3-11,15,18-19H,2,12-13H2,1H3. The minimum Gasteiger partial charge on any atom is -0.492 e. The molecule has 1 aliphatic rings. The highest BCUT2D eigenvalue weighted by molar-refractivity contribution is 5.57. The lowest BCUT2D eigenvalue weighted by molar-refractivity contribution is 0.341. The highest BCUT2D eigenvalue weighted by Crippen LogP contribution is 2.43. The zero-order chi connectivity index (χ0) is 13.8. The van der Waals surface area contributed by atoms with Crippen molar-refractivity contribution < 1.29 is 4.74 Å². The number of rotatable bonds is 6. The summed E-state index contributed by atoms with van der Waals surface area (Å²) < 4.78 is 5.71. The molecule has 2 aromatic carbocycles. The van der Waals surface area contributed by atoms with E-state index in [4.69, 9.17) is 4.74 Å². The van der Waals surface area contributed by atoms with Crippen LogP contribution in [0.2, 0.25) is 0 Å². The quantitative estimate of drug-likeness (QED) is 0.822. The second-order valence-corrected chi connectivity index (χ2v) is 5.30. The summed E-state index contributed by atoms with van der Waals surface area (Å²) in [6, 6.07) is 19.3. The van der Waals surface area contributed by atoms with Crippen molar-refractivity contribution in [1.82, 2.24) is 0 Å². The molecule has 1 atom stereocenters. The van der Waals surface area contributed by atoms with Gasteiger partial charge in [-0.15, -0.1) is 0 Å². The SMILES string of the molecule is CCOc1ccccc1NC(c1ccccc1)C1CC1. The molecule has 0 bridgehead atoms. The van der Waals surface area contributed by atoms with Gasteiger partial charge in [0.15, 0.2) is 0 Å². The van der Waals surface area contributed by atoms with Gasteiger partial charge in [-0.2, -0.15) is 0 Å². The van der Waals surface area contributed by atoms with Crippen LogP contribution in [-0.4, -0.2) is 6.61 Å². The third kappa shape index (κ3) is 2.96. The third-order valence-corrected chi connectivity index (χ3v) is 3.75. The molecular formula is C18H21NO. The molecule has 20 heavy (non-hydrogen) atoms. The smallest absolute Gasteiger partial charge is 0.142 e. The average Bonchev–Trinajstić information content (AvgIpc) is 3.32. The fourth-order valence-corrected chi connectivity index (χ4v) is 2.60. The summed E-state index contributed by atoms with van der Waals surface area (Å²) in [5.74, 6) is 1.68. The number of para-hydroxylation sites is 2. The Morgan fingerprint density at radius 1 is 1.05 bits per heavy atom. The van der Waals surface area contributed by atoms with Gasteiger partial charge in [-0.3, -0.25) is 0 Å². The molecule has 0 radical (unpaired) electrons. The number of nitrogens with one attached hydrogen (secondary N) is 1. The van der Waals surface area contributed by atoms with Crippen molar-refractivity contribution in [3.63, 3.8) is 0 Å². The lowest BCUT2D eigenvalue weighted by atomic mass is 10.0. The van der Waals surface area contributed by atoms with Gasteiger partial charge in [0.05, 0.1) is 18.3 Å². The van der Waals surface area contributed by atoms with Crippen LogP contribution < -0.4 is 10.1 Å². The predicted octanol–water partition coefficient (Wildman–Crippen LogP) is 4.65. The van der Waals surface area contributed by atoms with Crippen molar-refractivity contribution >= 4 is 5.69 Å². The minimum atomic E-state index is 0.387. The Morgan fingerprint density at radius 2 is 1.75 bits per heavy atom. The molecule has 1 fully saturated rings. The van der Waals surface area contributed by atoms with Gasteiger partial charge in [0.2, 0.25) is 0 Å². The third-order valence-electron chi connectivity index (χ3n) is 3.75. The van der Waals surface area contributed by atoms with E-state index in [2.05, 4.69) is 47.8 Å². The molecule has 2 heteroatoms. The molecule has 0 aliphatic heterocycles. The normalized spacial score (nSPS) is 15.7. The number of ether oxygens (including phenoxy) is 1. The molecule has 0 aromatic heterocycles. The van der Waals surface area contributed by atoms with Gasteiger partial charge < -0.3 is 10.1 Å². The number of benzene rings is 2. The molecule has 1 saturated carbocycles. The van der Waals surface area contributed by atoms with Gasteiger partial charge in [0.25, 0.3) is 0 Å². The minimum absolute atomic E-state index is 0.387. The Morgan fingerprint density at radius 3 is 2.45 bits per heavy atom. The first-order valence-electron chi connectivity index (χ1n) is 7.42. The van der Waals surface area contributed by atoms with E-state index in [9.17, 15) is 0 Å². The lowest BCUT2D eigenvalue weighted by Crippen LogP contribution is -2.13. The summed E-state index contributed by atoms with van der Waals surface area (Å²) >= 11 is 0. The van der Waals surface area contributed by atoms with Crippen molar-refractivity contribution in [3.05, 3.63) is 60.2 Å². The Kier molecular flexibility index (Phi) is 3.91. The zero-order valence-electron chi connectivity index (χ0n) is 11.9. The first kappa shape index (κ1) is 13.0. The average molecular weight is 267 g/mol. The molecule has 2 aromatic rings.